The van der Waals surface area contributed by atoms with Gasteiger partial charge in [-0.2, -0.15) is 0 Å². The van der Waals surface area contributed by atoms with Gasteiger partial charge in [0.25, 0.3) is 17.7 Å². The quantitative estimate of drug-likeness (QED) is 0.317. The topological polar surface area (TPSA) is 84.9 Å². The Balaban J connectivity index is 1.30. The summed E-state index contributed by atoms with van der Waals surface area (Å²) < 4.78 is 5.35. The predicted octanol–water partition coefficient (Wildman–Crippen LogP) is 4.22. The molecule has 0 aliphatic carbocycles. The maximum atomic E-state index is 12.9. The lowest BCUT2D eigenvalue weighted by atomic mass is 10.1. The number of nitrogens with one attached hydrogen (secondary N) is 1. The first-order chi connectivity index (χ1) is 18.0. The van der Waals surface area contributed by atoms with E-state index < -0.39 is 11.8 Å². The molecule has 4 rings (SSSR count). The summed E-state index contributed by atoms with van der Waals surface area (Å²) in [5.41, 5.74) is 2.87. The molecular weight excluding hydrogens is 468 g/mol. The number of imide groups is 1. The van der Waals surface area contributed by atoms with Crippen LogP contribution in [0.15, 0.2) is 72.8 Å². The molecule has 37 heavy (non-hydrogen) atoms. The van der Waals surface area contributed by atoms with E-state index in [4.69, 9.17) is 16.0 Å². The Kier molecular flexibility index (Phi) is 8.34. The van der Waals surface area contributed by atoms with Crippen molar-refractivity contribution in [3.8, 4) is 18.1 Å². The number of fused-ring (bicyclic) bond motifs is 1. The van der Waals surface area contributed by atoms with Gasteiger partial charge < -0.3 is 10.1 Å². The molecule has 0 fully saturated rings. The molecule has 0 saturated heterocycles. The number of benzene rings is 3. The van der Waals surface area contributed by atoms with Crippen LogP contribution < -0.4 is 10.1 Å². The molecule has 1 N–H and O–H groups in total. The summed E-state index contributed by atoms with van der Waals surface area (Å²) in [4.78, 5) is 44.1. The zero-order valence-corrected chi connectivity index (χ0v) is 20.6. The van der Waals surface area contributed by atoms with Crippen molar-refractivity contribution in [2.45, 2.75) is 32.3 Å². The standard InChI is InChI=1S/C30H28N2O5/c1-3-19-36-25-14-11-23(12-15-25)17-18-31-28(33)24-13-16-26-27(20-24)30(35)32(29(26)34)37-21(2)9-10-22-7-5-4-6-8-22/h1,4-8,11-16,20-21H,9-10,17-19H2,2H3,(H,31,33). The molecule has 1 aliphatic heterocycles. The highest BCUT2D eigenvalue weighted by Crippen LogP contribution is 2.25. The smallest absolute Gasteiger partial charge is 0.285 e. The van der Waals surface area contributed by atoms with Gasteiger partial charge in [0.2, 0.25) is 0 Å². The normalized spacial score (nSPS) is 13.1. The number of terminal acetylenes is 1. The van der Waals surface area contributed by atoms with Gasteiger partial charge in [-0.05, 0) is 67.6 Å². The monoisotopic (exact) mass is 496 g/mol. The highest BCUT2D eigenvalue weighted by atomic mass is 16.7. The Labute approximate surface area is 216 Å². The fourth-order valence-corrected chi connectivity index (χ4v) is 4.00. The van der Waals surface area contributed by atoms with E-state index >= 15 is 0 Å². The van der Waals surface area contributed by atoms with Gasteiger partial charge in [0.1, 0.15) is 12.4 Å². The second-order valence-corrected chi connectivity index (χ2v) is 8.75. The number of ether oxygens (including phenoxy) is 1. The van der Waals surface area contributed by atoms with Gasteiger partial charge in [-0.15, -0.1) is 11.5 Å². The molecule has 1 aliphatic rings. The van der Waals surface area contributed by atoms with Gasteiger partial charge in [0.15, 0.2) is 0 Å². The minimum Gasteiger partial charge on any atom is -0.481 e. The van der Waals surface area contributed by atoms with Crippen LogP contribution in [0.25, 0.3) is 0 Å². The van der Waals surface area contributed by atoms with Crippen LogP contribution in [0.3, 0.4) is 0 Å². The Bertz CT molecular complexity index is 1310. The molecule has 0 bridgehead atoms. The SMILES string of the molecule is C#CCOc1ccc(CCNC(=O)c2ccc3c(c2)C(=O)N(OC(C)CCc2ccccc2)C3=O)cc1. The number of carbonyl (C=O) groups is 3. The first kappa shape index (κ1) is 25.7. The summed E-state index contributed by atoms with van der Waals surface area (Å²) in [6.45, 7) is 2.44. The van der Waals surface area contributed by atoms with Crippen LogP contribution in [0.5, 0.6) is 5.75 Å². The van der Waals surface area contributed by atoms with E-state index in [1.807, 2.05) is 61.5 Å². The number of rotatable bonds is 11. The second kappa shape index (κ2) is 12.0. The molecule has 0 aromatic heterocycles. The lowest BCUT2D eigenvalue weighted by Gasteiger charge is -2.19. The van der Waals surface area contributed by atoms with E-state index in [2.05, 4.69) is 11.2 Å². The summed E-state index contributed by atoms with van der Waals surface area (Å²) in [5.74, 6) is 1.69. The number of hydrogen-bond acceptors (Lipinski definition) is 5. The average Bonchev–Trinajstić information content (AvgIpc) is 3.16. The molecule has 3 amide bonds. The molecule has 1 unspecified atom stereocenters. The predicted molar refractivity (Wildman–Crippen MR) is 139 cm³/mol. The second-order valence-electron chi connectivity index (χ2n) is 8.75. The van der Waals surface area contributed by atoms with Gasteiger partial charge in [0, 0.05) is 12.1 Å². The molecule has 1 atom stereocenters. The lowest BCUT2D eigenvalue weighted by Crippen LogP contribution is -2.33. The van der Waals surface area contributed by atoms with E-state index in [1.165, 1.54) is 12.1 Å². The molecule has 7 nitrogen and oxygen atoms in total. The number of hydroxylamine groups is 2. The van der Waals surface area contributed by atoms with Crippen LogP contribution >= 0.6 is 0 Å². The van der Waals surface area contributed by atoms with E-state index in [-0.39, 0.29) is 29.7 Å². The van der Waals surface area contributed by atoms with Gasteiger partial charge in [-0.25, -0.2) is 0 Å². The van der Waals surface area contributed by atoms with E-state index in [0.717, 1.165) is 22.6 Å². The van der Waals surface area contributed by atoms with Crippen molar-refractivity contribution in [1.29, 1.82) is 0 Å². The summed E-state index contributed by atoms with van der Waals surface area (Å²) in [6, 6.07) is 21.9. The Morgan fingerprint density at radius 3 is 2.38 bits per heavy atom. The highest BCUT2D eigenvalue weighted by molar-refractivity contribution is 6.21. The zero-order valence-electron chi connectivity index (χ0n) is 20.6. The van der Waals surface area contributed by atoms with Crippen molar-refractivity contribution in [2.75, 3.05) is 13.2 Å². The Morgan fingerprint density at radius 1 is 0.946 bits per heavy atom. The molecule has 3 aromatic rings. The first-order valence-electron chi connectivity index (χ1n) is 12.1. The van der Waals surface area contributed by atoms with Crippen LogP contribution in [0.1, 0.15) is 55.5 Å². The number of amides is 3. The number of carbonyl (C=O) groups excluding carboxylic acids is 3. The summed E-state index contributed by atoms with van der Waals surface area (Å²) in [6.07, 6.45) is 6.87. The van der Waals surface area contributed by atoms with Gasteiger partial charge in [0.05, 0.1) is 17.2 Å². The van der Waals surface area contributed by atoms with Crippen LogP contribution in [0, 0.1) is 12.3 Å². The van der Waals surface area contributed by atoms with E-state index in [0.29, 0.717) is 30.7 Å². The Hall–Kier alpha value is -4.41. The Morgan fingerprint density at radius 2 is 1.65 bits per heavy atom. The van der Waals surface area contributed by atoms with Crippen molar-refractivity contribution in [3.05, 3.63) is 101 Å². The van der Waals surface area contributed by atoms with Gasteiger partial charge >= 0.3 is 0 Å². The van der Waals surface area contributed by atoms with Crippen molar-refractivity contribution >= 4 is 17.7 Å². The molecule has 188 valence electrons. The zero-order chi connectivity index (χ0) is 26.2. The summed E-state index contributed by atoms with van der Waals surface area (Å²) in [5, 5.41) is 3.66. The lowest BCUT2D eigenvalue weighted by molar-refractivity contribution is -0.127. The number of nitrogens with zero attached hydrogens (tertiary/aromatic N) is 1. The fourth-order valence-electron chi connectivity index (χ4n) is 4.00. The first-order valence-corrected chi connectivity index (χ1v) is 12.1. The molecular formula is C30H28N2O5. The molecule has 0 saturated carbocycles. The van der Waals surface area contributed by atoms with Crippen LogP contribution in [0.4, 0.5) is 0 Å². The molecule has 3 aromatic carbocycles. The maximum absolute atomic E-state index is 12.9. The molecule has 0 radical (unpaired) electrons. The maximum Gasteiger partial charge on any atom is 0.285 e. The molecule has 7 heteroatoms. The highest BCUT2D eigenvalue weighted by Gasteiger charge is 2.38. The van der Waals surface area contributed by atoms with Crippen LogP contribution in [-0.4, -0.2) is 42.0 Å². The fraction of sp³-hybridized carbons (Fsp3) is 0.233. The summed E-state index contributed by atoms with van der Waals surface area (Å²) in [7, 11) is 0. The van der Waals surface area contributed by atoms with E-state index in [9.17, 15) is 14.4 Å². The molecule has 1 heterocycles. The van der Waals surface area contributed by atoms with Crippen molar-refractivity contribution in [1.82, 2.24) is 10.4 Å². The molecule has 0 spiro atoms. The third-order valence-corrected chi connectivity index (χ3v) is 6.02. The third-order valence-electron chi connectivity index (χ3n) is 6.02. The average molecular weight is 497 g/mol. The minimum absolute atomic E-state index is 0.162. The van der Waals surface area contributed by atoms with E-state index in [1.54, 1.807) is 6.07 Å². The van der Waals surface area contributed by atoms with Gasteiger partial charge in [-0.3, -0.25) is 19.2 Å². The van der Waals surface area contributed by atoms with Crippen molar-refractivity contribution in [3.63, 3.8) is 0 Å². The largest absolute Gasteiger partial charge is 0.481 e. The number of aryl methyl sites for hydroxylation is 1. The summed E-state index contributed by atoms with van der Waals surface area (Å²) >= 11 is 0. The minimum atomic E-state index is -0.562. The van der Waals surface area contributed by atoms with Crippen LogP contribution in [0.2, 0.25) is 0 Å². The van der Waals surface area contributed by atoms with Crippen molar-refractivity contribution < 1.29 is 24.0 Å². The van der Waals surface area contributed by atoms with Gasteiger partial charge in [-0.1, -0.05) is 48.4 Å². The van der Waals surface area contributed by atoms with Crippen molar-refractivity contribution in [2.24, 2.45) is 0 Å². The van der Waals surface area contributed by atoms with Crippen LogP contribution in [-0.2, 0) is 17.7 Å². The third kappa shape index (κ3) is 6.43. The number of hydrogen-bond donors (Lipinski definition) is 1.